The molecule has 0 spiro atoms. The maximum Gasteiger partial charge on any atom is 0.220 e. The van der Waals surface area contributed by atoms with Gasteiger partial charge in [0.05, 0.1) is 6.54 Å². The van der Waals surface area contributed by atoms with Crippen LogP contribution in [0.5, 0.6) is 5.75 Å². The summed E-state index contributed by atoms with van der Waals surface area (Å²) in [5.74, 6) is 1.50. The number of carbonyl (C=O) groups excluding carboxylic acids is 1. The molecule has 0 aromatic heterocycles. The lowest BCUT2D eigenvalue weighted by atomic mass is 10.0. The van der Waals surface area contributed by atoms with E-state index in [1.165, 1.54) is 37.8 Å². The van der Waals surface area contributed by atoms with Crippen LogP contribution in [0, 0.1) is 11.7 Å². The van der Waals surface area contributed by atoms with Crippen molar-refractivity contribution in [1.29, 1.82) is 0 Å². The van der Waals surface area contributed by atoms with Crippen molar-refractivity contribution >= 4 is 11.9 Å². The second kappa shape index (κ2) is 11.4. The predicted octanol–water partition coefficient (Wildman–Crippen LogP) is 2.45. The van der Waals surface area contributed by atoms with E-state index < -0.39 is 0 Å². The van der Waals surface area contributed by atoms with Crippen molar-refractivity contribution in [1.82, 2.24) is 16.0 Å². The lowest BCUT2D eigenvalue weighted by molar-refractivity contribution is -0.121. The average molecular weight is 378 g/mol. The van der Waals surface area contributed by atoms with Gasteiger partial charge < -0.3 is 20.7 Å². The summed E-state index contributed by atoms with van der Waals surface area (Å²) >= 11 is 0. The van der Waals surface area contributed by atoms with Gasteiger partial charge in [0, 0.05) is 32.6 Å². The molecule has 0 heterocycles. The van der Waals surface area contributed by atoms with Crippen molar-refractivity contribution in [2.75, 3.05) is 26.7 Å². The average Bonchev–Trinajstić information content (AvgIpc) is 3.14. The number of aliphatic imine (C=N–C) groups is 1. The number of hydrogen-bond acceptors (Lipinski definition) is 3. The number of guanidine groups is 1. The van der Waals surface area contributed by atoms with Crippen LogP contribution >= 0.6 is 0 Å². The Morgan fingerprint density at radius 3 is 2.70 bits per heavy atom. The molecule has 0 radical (unpaired) electrons. The quantitative estimate of drug-likeness (QED) is 0.351. The molecular formula is C20H31FN4O2. The largest absolute Gasteiger partial charge is 0.489 e. The molecule has 6 nitrogen and oxygen atoms in total. The summed E-state index contributed by atoms with van der Waals surface area (Å²) in [6, 6.07) is 6.08. The van der Waals surface area contributed by atoms with Gasteiger partial charge in [-0.15, -0.1) is 0 Å². The molecule has 3 N–H and O–H groups in total. The van der Waals surface area contributed by atoms with Crippen LogP contribution < -0.4 is 20.7 Å². The molecule has 1 aliphatic rings. The molecule has 1 aromatic carbocycles. The van der Waals surface area contributed by atoms with Crippen LogP contribution in [0.15, 0.2) is 29.3 Å². The zero-order valence-electron chi connectivity index (χ0n) is 16.3. The lowest BCUT2D eigenvalue weighted by Gasteiger charge is -2.18. The molecule has 150 valence electrons. The topological polar surface area (TPSA) is 74.8 Å². The molecule has 7 heteroatoms. The Bertz CT molecular complexity index is 618. The molecular weight excluding hydrogens is 347 g/mol. The van der Waals surface area contributed by atoms with E-state index >= 15 is 0 Å². The maximum atomic E-state index is 13.2. The van der Waals surface area contributed by atoms with Crippen molar-refractivity contribution in [3.63, 3.8) is 0 Å². The Morgan fingerprint density at radius 2 is 2.00 bits per heavy atom. The van der Waals surface area contributed by atoms with Gasteiger partial charge in [-0.1, -0.05) is 18.9 Å². The first kappa shape index (κ1) is 21.0. The van der Waals surface area contributed by atoms with Crippen molar-refractivity contribution in [2.45, 2.75) is 45.1 Å². The normalized spacial score (nSPS) is 16.0. The molecule has 0 saturated heterocycles. The highest BCUT2D eigenvalue weighted by atomic mass is 19.1. The van der Waals surface area contributed by atoms with Crippen LogP contribution in [0.2, 0.25) is 0 Å². The molecule has 1 aromatic rings. The molecule has 1 fully saturated rings. The molecule has 1 saturated carbocycles. The number of amides is 1. The number of benzene rings is 1. The van der Waals surface area contributed by atoms with Crippen LogP contribution in [-0.4, -0.2) is 44.7 Å². The second-order valence-electron chi connectivity index (χ2n) is 6.97. The van der Waals surface area contributed by atoms with Gasteiger partial charge in [-0.3, -0.25) is 9.79 Å². The Kier molecular flexibility index (Phi) is 8.87. The molecule has 0 aliphatic heterocycles. The van der Waals surface area contributed by atoms with E-state index in [1.54, 1.807) is 19.2 Å². The van der Waals surface area contributed by atoms with Crippen LogP contribution in [0.1, 0.15) is 39.0 Å². The number of ether oxygens (including phenoxy) is 1. The van der Waals surface area contributed by atoms with Crippen LogP contribution in [0.4, 0.5) is 4.39 Å². The van der Waals surface area contributed by atoms with E-state index in [-0.39, 0.29) is 17.8 Å². The van der Waals surface area contributed by atoms with Crippen LogP contribution in [-0.2, 0) is 4.79 Å². The summed E-state index contributed by atoms with van der Waals surface area (Å²) in [6.45, 7) is 3.56. The number of rotatable bonds is 9. The number of nitrogens with zero attached hydrogens (tertiary/aromatic N) is 1. The first-order chi connectivity index (χ1) is 13.1. The molecule has 2 rings (SSSR count). The van der Waals surface area contributed by atoms with Gasteiger partial charge in [-0.05, 0) is 37.8 Å². The van der Waals surface area contributed by atoms with Gasteiger partial charge in [0.15, 0.2) is 5.96 Å². The van der Waals surface area contributed by atoms with Gasteiger partial charge in [-0.25, -0.2) is 4.39 Å². The second-order valence-corrected chi connectivity index (χ2v) is 6.97. The first-order valence-electron chi connectivity index (χ1n) is 9.70. The number of hydrogen-bond donors (Lipinski definition) is 3. The summed E-state index contributed by atoms with van der Waals surface area (Å²) in [5, 5.41) is 9.26. The third-order valence-corrected chi connectivity index (χ3v) is 4.60. The molecule has 1 atom stereocenters. The summed E-state index contributed by atoms with van der Waals surface area (Å²) in [6.07, 6.45) is 5.35. The number of carbonyl (C=O) groups is 1. The minimum absolute atomic E-state index is 0.128. The molecule has 27 heavy (non-hydrogen) atoms. The summed E-state index contributed by atoms with van der Waals surface area (Å²) in [4.78, 5) is 16.0. The fourth-order valence-corrected chi connectivity index (χ4v) is 3.21. The van der Waals surface area contributed by atoms with Crippen LogP contribution in [0.3, 0.4) is 0 Å². The van der Waals surface area contributed by atoms with Crippen molar-refractivity contribution in [2.24, 2.45) is 10.9 Å². The van der Waals surface area contributed by atoms with Crippen molar-refractivity contribution < 1.29 is 13.9 Å². The third kappa shape index (κ3) is 8.28. The van der Waals surface area contributed by atoms with E-state index in [0.717, 1.165) is 0 Å². The maximum absolute atomic E-state index is 13.2. The predicted molar refractivity (Wildman–Crippen MR) is 105 cm³/mol. The summed E-state index contributed by atoms with van der Waals surface area (Å²) in [5.41, 5.74) is 0. The Morgan fingerprint density at radius 1 is 1.26 bits per heavy atom. The van der Waals surface area contributed by atoms with Crippen LogP contribution in [0.25, 0.3) is 0 Å². The van der Waals surface area contributed by atoms with E-state index in [2.05, 4.69) is 20.9 Å². The van der Waals surface area contributed by atoms with E-state index in [4.69, 9.17) is 4.74 Å². The number of nitrogens with one attached hydrogen (secondary N) is 3. The van der Waals surface area contributed by atoms with Gasteiger partial charge >= 0.3 is 0 Å². The minimum atomic E-state index is -0.319. The highest BCUT2D eigenvalue weighted by molar-refractivity contribution is 5.80. The molecule has 1 amide bonds. The summed E-state index contributed by atoms with van der Waals surface area (Å²) in [7, 11) is 1.69. The smallest absolute Gasteiger partial charge is 0.220 e. The lowest BCUT2D eigenvalue weighted by Crippen LogP contribution is -2.44. The Balaban J connectivity index is 1.58. The third-order valence-electron chi connectivity index (χ3n) is 4.60. The summed E-state index contributed by atoms with van der Waals surface area (Å²) < 4.78 is 18.8. The standard InChI is InChI=1S/C20H31FN4O2/c1-15(27-18-9-5-8-17(21)13-18)14-25-20(22-2)24-11-10-23-19(26)12-16-6-3-4-7-16/h5,8-9,13,15-16H,3-4,6-7,10-12,14H2,1-2H3,(H,23,26)(H2,22,24,25). The first-order valence-corrected chi connectivity index (χ1v) is 9.70. The Hall–Kier alpha value is -2.31. The Labute approximate surface area is 161 Å². The van der Waals surface area contributed by atoms with Gasteiger partial charge in [0.25, 0.3) is 0 Å². The van der Waals surface area contributed by atoms with Gasteiger partial charge in [0.2, 0.25) is 5.91 Å². The van der Waals surface area contributed by atoms with E-state index in [1.807, 2.05) is 6.92 Å². The zero-order valence-corrected chi connectivity index (χ0v) is 16.3. The SMILES string of the molecule is CN=C(NCCNC(=O)CC1CCCC1)NCC(C)Oc1cccc(F)c1. The fourth-order valence-electron chi connectivity index (χ4n) is 3.21. The molecule has 0 bridgehead atoms. The van der Waals surface area contributed by atoms with Crippen molar-refractivity contribution in [3.8, 4) is 5.75 Å². The highest BCUT2D eigenvalue weighted by Gasteiger charge is 2.17. The number of halogens is 1. The van der Waals surface area contributed by atoms with E-state index in [0.29, 0.717) is 43.7 Å². The monoisotopic (exact) mass is 378 g/mol. The van der Waals surface area contributed by atoms with Gasteiger partial charge in [-0.2, -0.15) is 0 Å². The minimum Gasteiger partial charge on any atom is -0.489 e. The molecule has 1 aliphatic carbocycles. The molecule has 1 unspecified atom stereocenters. The van der Waals surface area contributed by atoms with E-state index in [9.17, 15) is 9.18 Å². The van der Waals surface area contributed by atoms with Crippen molar-refractivity contribution in [3.05, 3.63) is 30.1 Å². The van der Waals surface area contributed by atoms with Gasteiger partial charge in [0.1, 0.15) is 17.7 Å². The zero-order chi connectivity index (χ0) is 19.5. The fraction of sp³-hybridized carbons (Fsp3) is 0.600. The highest BCUT2D eigenvalue weighted by Crippen LogP contribution is 2.27.